The van der Waals surface area contributed by atoms with E-state index in [9.17, 15) is 4.39 Å². The van der Waals surface area contributed by atoms with E-state index in [0.717, 1.165) is 37.4 Å². The first-order chi connectivity index (χ1) is 11.8. The van der Waals surface area contributed by atoms with Gasteiger partial charge in [-0.2, -0.15) is 0 Å². The normalized spacial score (nSPS) is 17.8. The molecule has 0 spiro atoms. The third-order valence-corrected chi connectivity index (χ3v) is 4.15. The average Bonchev–Trinajstić information content (AvgIpc) is 2.63. The van der Waals surface area contributed by atoms with Crippen LogP contribution in [0.4, 0.5) is 10.3 Å². The summed E-state index contributed by atoms with van der Waals surface area (Å²) in [5, 5.41) is 3.51. The van der Waals surface area contributed by atoms with Crippen LogP contribution in [0.5, 0.6) is 5.75 Å². The van der Waals surface area contributed by atoms with Crippen LogP contribution in [0.1, 0.15) is 25.3 Å². The molecule has 1 N–H and O–H groups in total. The summed E-state index contributed by atoms with van der Waals surface area (Å²) >= 11 is 0. The number of aromatic nitrogens is 2. The highest BCUT2D eigenvalue weighted by molar-refractivity contribution is 5.31. The number of anilines is 1. The summed E-state index contributed by atoms with van der Waals surface area (Å²) in [4.78, 5) is 10.8. The molecule has 3 rings (SSSR count). The second-order valence-corrected chi connectivity index (χ2v) is 5.91. The Kier molecular flexibility index (Phi) is 5.59. The standard InChI is InChI=1S/C18H23FN4O/c1-2-24-17-7-6-14(11-16(17)19)12-22-15-5-3-10-23(13-15)18-20-8-4-9-21-18/h4,6-9,11,15,22H,2-3,5,10,12-13H2,1H3. The zero-order valence-electron chi connectivity index (χ0n) is 13.9. The van der Waals surface area contributed by atoms with E-state index in [0.29, 0.717) is 24.9 Å². The summed E-state index contributed by atoms with van der Waals surface area (Å²) in [5.41, 5.74) is 0.920. The van der Waals surface area contributed by atoms with Gasteiger partial charge in [-0.05, 0) is 43.5 Å². The quantitative estimate of drug-likeness (QED) is 0.883. The van der Waals surface area contributed by atoms with Gasteiger partial charge in [-0.1, -0.05) is 6.07 Å². The molecule has 1 aliphatic rings. The first-order valence-corrected chi connectivity index (χ1v) is 8.43. The van der Waals surface area contributed by atoms with Crippen LogP contribution in [-0.2, 0) is 6.54 Å². The molecule has 6 heteroatoms. The molecule has 0 bridgehead atoms. The molecule has 1 fully saturated rings. The fourth-order valence-corrected chi connectivity index (χ4v) is 2.97. The molecule has 1 aromatic carbocycles. The maximum Gasteiger partial charge on any atom is 0.225 e. The summed E-state index contributed by atoms with van der Waals surface area (Å²) < 4.78 is 19.1. The van der Waals surface area contributed by atoms with Gasteiger partial charge in [-0.15, -0.1) is 0 Å². The Morgan fingerprint density at radius 2 is 2.17 bits per heavy atom. The van der Waals surface area contributed by atoms with E-state index >= 15 is 0 Å². The lowest BCUT2D eigenvalue weighted by atomic mass is 10.1. The largest absolute Gasteiger partial charge is 0.491 e. The lowest BCUT2D eigenvalue weighted by molar-refractivity contribution is 0.321. The van der Waals surface area contributed by atoms with Gasteiger partial charge in [0.05, 0.1) is 6.61 Å². The molecule has 1 unspecified atom stereocenters. The van der Waals surface area contributed by atoms with Crippen molar-refractivity contribution in [2.24, 2.45) is 0 Å². The molecule has 2 aromatic rings. The average molecular weight is 330 g/mol. The van der Waals surface area contributed by atoms with Gasteiger partial charge < -0.3 is 15.0 Å². The Morgan fingerprint density at radius 3 is 2.92 bits per heavy atom. The maximum absolute atomic E-state index is 13.9. The summed E-state index contributed by atoms with van der Waals surface area (Å²) in [6.45, 7) is 4.79. The molecule has 0 saturated carbocycles. The van der Waals surface area contributed by atoms with Crippen LogP contribution in [-0.4, -0.2) is 35.7 Å². The molecule has 1 atom stereocenters. The Morgan fingerprint density at radius 1 is 1.33 bits per heavy atom. The predicted octanol–water partition coefficient (Wildman–Crippen LogP) is 2.77. The minimum Gasteiger partial charge on any atom is -0.491 e. The van der Waals surface area contributed by atoms with Crippen LogP contribution in [0.25, 0.3) is 0 Å². The fraction of sp³-hybridized carbons (Fsp3) is 0.444. The van der Waals surface area contributed by atoms with Crippen molar-refractivity contribution in [1.82, 2.24) is 15.3 Å². The van der Waals surface area contributed by atoms with Gasteiger partial charge in [0.25, 0.3) is 0 Å². The molecular formula is C18H23FN4O. The van der Waals surface area contributed by atoms with Gasteiger partial charge in [-0.3, -0.25) is 0 Å². The highest BCUT2D eigenvalue weighted by atomic mass is 19.1. The Bertz CT molecular complexity index is 653. The maximum atomic E-state index is 13.9. The fourth-order valence-electron chi connectivity index (χ4n) is 2.97. The van der Waals surface area contributed by atoms with E-state index in [2.05, 4.69) is 20.2 Å². The van der Waals surface area contributed by atoms with E-state index < -0.39 is 0 Å². The number of rotatable bonds is 6. The second kappa shape index (κ2) is 8.06. The molecule has 0 aliphatic carbocycles. The number of benzene rings is 1. The third-order valence-electron chi connectivity index (χ3n) is 4.15. The van der Waals surface area contributed by atoms with Gasteiger partial charge in [0.15, 0.2) is 11.6 Å². The number of halogens is 1. The minimum atomic E-state index is -0.306. The highest BCUT2D eigenvalue weighted by Crippen LogP contribution is 2.19. The Balaban J connectivity index is 1.55. The molecule has 5 nitrogen and oxygen atoms in total. The van der Waals surface area contributed by atoms with Crippen molar-refractivity contribution in [2.75, 3.05) is 24.6 Å². The molecule has 0 amide bonds. The number of piperidine rings is 1. The lowest BCUT2D eigenvalue weighted by Gasteiger charge is -2.33. The van der Waals surface area contributed by atoms with E-state index in [1.54, 1.807) is 24.5 Å². The molecular weight excluding hydrogens is 307 g/mol. The van der Waals surface area contributed by atoms with E-state index in [4.69, 9.17) is 4.74 Å². The number of hydrogen-bond donors (Lipinski definition) is 1. The minimum absolute atomic E-state index is 0.306. The van der Waals surface area contributed by atoms with Crippen LogP contribution >= 0.6 is 0 Å². The zero-order valence-corrected chi connectivity index (χ0v) is 13.9. The summed E-state index contributed by atoms with van der Waals surface area (Å²) in [6, 6.07) is 7.31. The van der Waals surface area contributed by atoms with E-state index in [1.807, 2.05) is 19.1 Å². The van der Waals surface area contributed by atoms with Crippen LogP contribution in [0.15, 0.2) is 36.7 Å². The summed E-state index contributed by atoms with van der Waals surface area (Å²) in [6.07, 6.45) is 5.72. The number of nitrogens with one attached hydrogen (secondary N) is 1. The van der Waals surface area contributed by atoms with E-state index in [1.165, 1.54) is 0 Å². The van der Waals surface area contributed by atoms with Crippen molar-refractivity contribution in [3.8, 4) is 5.75 Å². The summed E-state index contributed by atoms with van der Waals surface area (Å²) in [5.74, 6) is 0.779. The molecule has 1 saturated heterocycles. The molecule has 1 aliphatic heterocycles. The SMILES string of the molecule is CCOc1ccc(CNC2CCCN(c3ncccn3)C2)cc1F. The van der Waals surface area contributed by atoms with Crippen molar-refractivity contribution in [1.29, 1.82) is 0 Å². The Hall–Kier alpha value is -2.21. The van der Waals surface area contributed by atoms with E-state index in [-0.39, 0.29) is 5.82 Å². The Labute approximate surface area is 141 Å². The zero-order chi connectivity index (χ0) is 16.8. The topological polar surface area (TPSA) is 50.3 Å². The van der Waals surface area contributed by atoms with Gasteiger partial charge >= 0.3 is 0 Å². The number of hydrogen-bond acceptors (Lipinski definition) is 5. The van der Waals surface area contributed by atoms with Crippen molar-refractivity contribution in [2.45, 2.75) is 32.4 Å². The van der Waals surface area contributed by atoms with Crippen molar-refractivity contribution in [3.05, 3.63) is 48.0 Å². The first-order valence-electron chi connectivity index (χ1n) is 8.43. The smallest absolute Gasteiger partial charge is 0.225 e. The lowest BCUT2D eigenvalue weighted by Crippen LogP contribution is -2.46. The van der Waals surface area contributed by atoms with Crippen LogP contribution in [0.2, 0.25) is 0 Å². The van der Waals surface area contributed by atoms with Gasteiger partial charge in [0, 0.05) is 38.1 Å². The highest BCUT2D eigenvalue weighted by Gasteiger charge is 2.21. The molecule has 1 aromatic heterocycles. The molecule has 2 heterocycles. The van der Waals surface area contributed by atoms with Crippen molar-refractivity contribution >= 4 is 5.95 Å². The van der Waals surface area contributed by atoms with Gasteiger partial charge in [0.1, 0.15) is 0 Å². The number of ether oxygens (including phenoxy) is 1. The summed E-state index contributed by atoms with van der Waals surface area (Å²) in [7, 11) is 0. The molecule has 128 valence electrons. The van der Waals surface area contributed by atoms with Crippen molar-refractivity contribution < 1.29 is 9.13 Å². The van der Waals surface area contributed by atoms with Crippen LogP contribution in [0.3, 0.4) is 0 Å². The van der Waals surface area contributed by atoms with Crippen LogP contribution in [0, 0.1) is 5.82 Å². The van der Waals surface area contributed by atoms with Crippen molar-refractivity contribution in [3.63, 3.8) is 0 Å². The molecule has 0 radical (unpaired) electrons. The third kappa shape index (κ3) is 4.20. The second-order valence-electron chi connectivity index (χ2n) is 5.91. The molecule has 24 heavy (non-hydrogen) atoms. The predicted molar refractivity (Wildman–Crippen MR) is 91.7 cm³/mol. The monoisotopic (exact) mass is 330 g/mol. The van der Waals surface area contributed by atoms with Gasteiger partial charge in [0.2, 0.25) is 5.95 Å². The first kappa shape index (κ1) is 16.6. The van der Waals surface area contributed by atoms with Gasteiger partial charge in [-0.25, -0.2) is 14.4 Å². The van der Waals surface area contributed by atoms with Crippen LogP contribution < -0.4 is 15.0 Å². The number of nitrogens with zero attached hydrogens (tertiary/aromatic N) is 3.